The maximum absolute atomic E-state index is 12.3. The summed E-state index contributed by atoms with van der Waals surface area (Å²) in [7, 11) is 0. The summed E-state index contributed by atoms with van der Waals surface area (Å²) in [5.74, 6) is 3.15. The molecule has 0 amide bonds. The van der Waals surface area contributed by atoms with E-state index in [-0.39, 0.29) is 105 Å². The quantitative estimate of drug-likeness (QED) is 0.0596. The molecule has 3 aliphatic carbocycles. The molecule has 0 radical (unpaired) electrons. The van der Waals surface area contributed by atoms with Gasteiger partial charge in [0.25, 0.3) is 0 Å². The van der Waals surface area contributed by atoms with E-state index in [2.05, 4.69) is 0 Å². The second kappa shape index (κ2) is 50.1. The minimum atomic E-state index is -0.518. The number of ketones is 6. The van der Waals surface area contributed by atoms with Gasteiger partial charge in [-0.15, -0.1) is 0 Å². The van der Waals surface area contributed by atoms with Gasteiger partial charge in [0.05, 0.1) is 52.3 Å². The van der Waals surface area contributed by atoms with E-state index in [0.29, 0.717) is 111 Å². The number of hydrogen-bond acceptors (Lipinski definition) is 18. The molecule has 0 saturated heterocycles. The molecule has 3 aromatic carbocycles. The molecule has 3 saturated carbocycles. The normalized spacial score (nSPS) is 17.9. The lowest BCUT2D eigenvalue weighted by Gasteiger charge is -2.33. The van der Waals surface area contributed by atoms with E-state index in [1.807, 2.05) is 322 Å². The van der Waals surface area contributed by atoms with Crippen LogP contribution in [-0.2, 0) is 125 Å². The molecular weight excluding hydrogens is 1590 g/mol. The zero-order valence-corrected chi connectivity index (χ0v) is 85.7. The number of esters is 6. The van der Waals surface area contributed by atoms with E-state index in [1.165, 1.54) is 12.8 Å². The summed E-state index contributed by atoms with van der Waals surface area (Å²) in [6.45, 7) is 70.7. The molecule has 3 aliphatic rings. The zero-order chi connectivity index (χ0) is 97.6. The fourth-order valence-electron chi connectivity index (χ4n) is 12.9. The lowest BCUT2D eigenvalue weighted by Crippen LogP contribution is -2.32. The summed E-state index contributed by atoms with van der Waals surface area (Å²) in [5, 5.41) is 0. The zero-order valence-electron chi connectivity index (χ0n) is 85.7. The highest BCUT2D eigenvalue weighted by Crippen LogP contribution is 2.39. The Morgan fingerprint density at radius 3 is 0.960 bits per heavy atom. The van der Waals surface area contributed by atoms with Gasteiger partial charge in [0.2, 0.25) is 0 Å². The molecule has 4 unspecified atom stereocenters. The first kappa shape index (κ1) is 117. The van der Waals surface area contributed by atoms with Gasteiger partial charge in [-0.25, -0.2) is 0 Å². The highest BCUT2D eigenvalue weighted by molar-refractivity contribution is 5.88. The van der Waals surface area contributed by atoms with Gasteiger partial charge in [-0.1, -0.05) is 217 Å². The van der Waals surface area contributed by atoms with Crippen molar-refractivity contribution >= 4 is 70.5 Å². The molecule has 0 bridgehead atoms. The molecular formula is C108H174O18. The van der Waals surface area contributed by atoms with Gasteiger partial charge in [0.15, 0.2) is 0 Å². The van der Waals surface area contributed by atoms with Crippen LogP contribution in [0.15, 0.2) is 72.8 Å². The van der Waals surface area contributed by atoms with Crippen molar-refractivity contribution in [1.82, 2.24) is 0 Å². The third kappa shape index (κ3) is 47.7. The summed E-state index contributed by atoms with van der Waals surface area (Å²) in [6.07, 6.45) is 16.4. The average molecular weight is 1760 g/mol. The standard InChI is InChI=1S/C18H32O3.C18H26O3.C18H32O3.C18H26O3.C18H32O3.C18H26O3/c2*1-17(2,3)15(19)11-13-7-9-14(10-8-13)12-21-16(20)18(4,5)6;2*1-17(2,3)15(19)11-13-8-7-9-14(10-13)12-21-16(20)18(4,5)6;2*1-17(2,3)15(19)11-13-9-7-8-10-14(13)12-21-16(20)18(4,5)6/h13-14H,7-12H2,1-6H3;7-10H,11-12H2,1-6H3;13-14H,7-12H2,1-6H3;7-10H,11-12H2,1-6H3;13-14H,7-12H2,1-6H3;7-10H,11-12H2,1-6H3. The first-order valence-corrected chi connectivity index (χ1v) is 46.5. The van der Waals surface area contributed by atoms with Gasteiger partial charge >= 0.3 is 35.8 Å². The number of ether oxygens (including phenoxy) is 6. The molecule has 0 aliphatic heterocycles. The third-order valence-corrected chi connectivity index (χ3v) is 22.7. The fourth-order valence-corrected chi connectivity index (χ4v) is 12.9. The predicted octanol–water partition coefficient (Wildman–Crippen LogP) is 25.0. The van der Waals surface area contributed by atoms with E-state index in [1.54, 1.807) is 0 Å². The second-order valence-electron chi connectivity index (χ2n) is 48.2. The van der Waals surface area contributed by atoms with Gasteiger partial charge < -0.3 is 28.4 Å². The summed E-state index contributed by atoms with van der Waals surface area (Å²) >= 11 is 0. The Balaban J connectivity index is 0.000000756. The van der Waals surface area contributed by atoms with Crippen LogP contribution >= 0.6 is 0 Å². The molecule has 6 rings (SSSR count). The Morgan fingerprint density at radius 1 is 0.238 bits per heavy atom. The van der Waals surface area contributed by atoms with Crippen molar-refractivity contribution in [3.63, 3.8) is 0 Å². The Hall–Kier alpha value is -7.50. The van der Waals surface area contributed by atoms with Crippen LogP contribution in [0, 0.1) is 100 Å². The van der Waals surface area contributed by atoms with Crippen molar-refractivity contribution in [2.75, 3.05) is 19.8 Å². The molecule has 18 nitrogen and oxygen atoms in total. The molecule has 126 heavy (non-hydrogen) atoms. The van der Waals surface area contributed by atoms with E-state index in [9.17, 15) is 57.5 Å². The summed E-state index contributed by atoms with van der Waals surface area (Å²) in [6, 6.07) is 22.9. The third-order valence-electron chi connectivity index (χ3n) is 22.7. The Bertz CT molecular complexity index is 3960. The van der Waals surface area contributed by atoms with E-state index in [4.69, 9.17) is 28.4 Å². The number of benzene rings is 3. The molecule has 0 aromatic heterocycles. The predicted molar refractivity (Wildman–Crippen MR) is 506 cm³/mol. The van der Waals surface area contributed by atoms with Crippen molar-refractivity contribution < 1.29 is 86.0 Å². The van der Waals surface area contributed by atoms with Crippen molar-refractivity contribution in [3.05, 3.63) is 106 Å². The number of carbonyl (C=O) groups excluding carboxylic acids is 12. The molecule has 18 heteroatoms. The van der Waals surface area contributed by atoms with Crippen LogP contribution in [0.5, 0.6) is 0 Å². The second-order valence-corrected chi connectivity index (χ2v) is 48.2. The van der Waals surface area contributed by atoms with Crippen LogP contribution in [0.3, 0.4) is 0 Å². The first-order chi connectivity index (χ1) is 57.0. The molecule has 3 fully saturated rings. The largest absolute Gasteiger partial charge is 0.465 e. The van der Waals surface area contributed by atoms with Gasteiger partial charge in [0.1, 0.15) is 54.5 Å². The van der Waals surface area contributed by atoms with Crippen molar-refractivity contribution in [1.29, 1.82) is 0 Å². The van der Waals surface area contributed by atoms with E-state index < -0.39 is 32.5 Å². The minimum absolute atomic E-state index is 0.118. The lowest BCUT2D eigenvalue weighted by molar-refractivity contribution is -0.156. The maximum Gasteiger partial charge on any atom is 0.311 e. The monoisotopic (exact) mass is 1760 g/mol. The average Bonchev–Trinajstić information content (AvgIpc) is 0.851. The Morgan fingerprint density at radius 2 is 0.548 bits per heavy atom. The van der Waals surface area contributed by atoms with Crippen LogP contribution in [0.2, 0.25) is 0 Å². The lowest BCUT2D eigenvalue weighted by atomic mass is 9.74. The number of carbonyl (C=O) groups is 12. The molecule has 3 aromatic rings. The van der Waals surface area contributed by atoms with Crippen LogP contribution < -0.4 is 0 Å². The first-order valence-electron chi connectivity index (χ1n) is 46.5. The molecule has 0 heterocycles. The molecule has 714 valence electrons. The summed E-state index contributed by atoms with van der Waals surface area (Å²) < 4.78 is 32.3. The van der Waals surface area contributed by atoms with Gasteiger partial charge in [0, 0.05) is 71.0 Å². The number of rotatable bonds is 24. The van der Waals surface area contributed by atoms with Crippen LogP contribution in [0.4, 0.5) is 0 Å². The van der Waals surface area contributed by atoms with Crippen LogP contribution in [0.1, 0.15) is 379 Å². The SMILES string of the molecule is CC(C)(C)C(=O)CC1CCC(COC(=O)C(C)(C)C)CC1.CC(C)(C)C(=O)CC1CCCC(COC(=O)C(C)(C)C)C1.CC(C)(C)C(=O)CC1CCCCC1COC(=O)C(C)(C)C.CC(C)(C)C(=O)Cc1ccc(COC(=O)C(C)(C)C)cc1.CC(C)(C)C(=O)Cc1cccc(COC(=O)C(C)(C)C)c1.CC(C)(C)C(=O)Cc1ccccc1COC(=O)C(C)(C)C. The summed E-state index contributed by atoms with van der Waals surface area (Å²) in [5.41, 5.74) is 1.03. The van der Waals surface area contributed by atoms with E-state index in [0.717, 1.165) is 97.6 Å². The Kier molecular flexibility index (Phi) is 46.3. The smallest absolute Gasteiger partial charge is 0.311 e. The van der Waals surface area contributed by atoms with Gasteiger partial charge in [-0.05, 0) is 251 Å². The Labute approximate surface area is 763 Å². The number of Topliss-reactive ketones (excluding diaryl/α,β-unsaturated/α-hetero) is 6. The van der Waals surface area contributed by atoms with Crippen LogP contribution in [-0.4, -0.2) is 90.3 Å². The maximum atomic E-state index is 12.3. The number of hydrogen-bond donors (Lipinski definition) is 0. The van der Waals surface area contributed by atoms with Crippen LogP contribution in [0.25, 0.3) is 0 Å². The molecule has 0 spiro atoms. The van der Waals surface area contributed by atoms with Crippen molar-refractivity contribution in [3.8, 4) is 0 Å². The highest BCUT2D eigenvalue weighted by Gasteiger charge is 2.37. The molecule has 0 N–H and O–H groups in total. The topological polar surface area (TPSA) is 260 Å². The minimum Gasteiger partial charge on any atom is -0.465 e. The highest BCUT2D eigenvalue weighted by atomic mass is 16.6. The van der Waals surface area contributed by atoms with Crippen molar-refractivity contribution in [2.45, 2.75) is 385 Å². The fraction of sp³-hybridized carbons (Fsp3) is 0.722. The summed E-state index contributed by atoms with van der Waals surface area (Å²) in [4.78, 5) is 143. The van der Waals surface area contributed by atoms with Gasteiger partial charge in [-0.2, -0.15) is 0 Å². The molecule has 4 atom stereocenters. The van der Waals surface area contributed by atoms with E-state index >= 15 is 0 Å². The van der Waals surface area contributed by atoms with Gasteiger partial charge in [-0.3, -0.25) is 57.5 Å². The van der Waals surface area contributed by atoms with Crippen molar-refractivity contribution in [2.24, 2.45) is 100 Å².